The minimum absolute atomic E-state index is 0.0611. The van der Waals surface area contributed by atoms with E-state index in [0.717, 1.165) is 6.07 Å². The molecule has 0 aromatic heterocycles. The summed E-state index contributed by atoms with van der Waals surface area (Å²) in [6, 6.07) is 3.85. The van der Waals surface area contributed by atoms with Gasteiger partial charge in [0.05, 0.1) is 10.6 Å². The van der Waals surface area contributed by atoms with E-state index in [2.05, 4.69) is 0 Å². The maximum atomic E-state index is 10.2. The van der Waals surface area contributed by atoms with E-state index >= 15 is 0 Å². The summed E-state index contributed by atoms with van der Waals surface area (Å²) >= 11 is 5.47. The molecule has 57 valence electrons. The molecule has 0 saturated heterocycles. The maximum absolute atomic E-state index is 10.2. The Morgan fingerprint density at radius 2 is 2.18 bits per heavy atom. The third-order valence-electron chi connectivity index (χ3n) is 1.14. The lowest BCUT2D eigenvalue weighted by atomic mass is 10.3. The van der Waals surface area contributed by atoms with E-state index in [0.29, 0.717) is 0 Å². The molecule has 4 nitrogen and oxygen atoms in total. The van der Waals surface area contributed by atoms with Crippen molar-refractivity contribution in [3.63, 3.8) is 0 Å². The van der Waals surface area contributed by atoms with Crippen molar-refractivity contribution in [2.45, 2.75) is 0 Å². The molecular weight excluding hydrogens is 168 g/mol. The van der Waals surface area contributed by atoms with Crippen LogP contribution in [0.3, 0.4) is 0 Å². The van der Waals surface area contributed by atoms with Crippen LogP contribution >= 0.6 is 11.6 Å². The molecule has 0 aliphatic heterocycles. The molecule has 0 unspecified atom stereocenters. The molecule has 0 aliphatic carbocycles. The smallest absolute Gasteiger partial charge is 0.290 e. The number of hydrogen-bond acceptors (Lipinski definition) is 2. The van der Waals surface area contributed by atoms with Crippen LogP contribution in [-0.4, -0.2) is 4.92 Å². The molecular formula is C6H4ClN2O2. The Kier molecular flexibility index (Phi) is 1.96. The lowest BCUT2D eigenvalue weighted by Crippen LogP contribution is -1.88. The first-order valence-corrected chi connectivity index (χ1v) is 3.14. The fourth-order valence-corrected chi connectivity index (χ4v) is 0.839. The van der Waals surface area contributed by atoms with Crippen molar-refractivity contribution in [3.8, 4) is 0 Å². The van der Waals surface area contributed by atoms with Gasteiger partial charge in [-0.05, 0) is 12.1 Å². The molecule has 0 spiro atoms. The second kappa shape index (κ2) is 2.75. The van der Waals surface area contributed by atoms with Crippen molar-refractivity contribution in [3.05, 3.63) is 33.3 Å². The average molecular weight is 172 g/mol. The monoisotopic (exact) mass is 171 g/mol. The fraction of sp³-hybridized carbons (Fsp3) is 0. The lowest BCUT2D eigenvalue weighted by Gasteiger charge is -1.94. The summed E-state index contributed by atoms with van der Waals surface area (Å²) in [5, 5.41) is 10.3. The van der Waals surface area contributed by atoms with Crippen molar-refractivity contribution < 1.29 is 4.92 Å². The molecule has 0 heterocycles. The number of rotatable bonds is 1. The van der Waals surface area contributed by atoms with Gasteiger partial charge in [0.1, 0.15) is 5.02 Å². The van der Waals surface area contributed by atoms with Gasteiger partial charge in [0, 0.05) is 6.07 Å². The van der Waals surface area contributed by atoms with Crippen molar-refractivity contribution in [2.75, 3.05) is 0 Å². The van der Waals surface area contributed by atoms with Crippen LogP contribution in [0.15, 0.2) is 18.2 Å². The van der Waals surface area contributed by atoms with Crippen LogP contribution in [0.2, 0.25) is 5.02 Å². The van der Waals surface area contributed by atoms with Gasteiger partial charge in [-0.1, -0.05) is 11.6 Å². The van der Waals surface area contributed by atoms with Crippen molar-refractivity contribution >= 4 is 23.0 Å². The zero-order chi connectivity index (χ0) is 8.43. The standard InChI is InChI=1S/C6H4ClN2O2/c7-5-2-1-4(8)3-6(5)9(10)11/h1-3,8H. The third-order valence-corrected chi connectivity index (χ3v) is 1.46. The van der Waals surface area contributed by atoms with Crippen LogP contribution < -0.4 is 5.73 Å². The van der Waals surface area contributed by atoms with Crippen molar-refractivity contribution in [2.24, 2.45) is 0 Å². The number of benzene rings is 1. The van der Waals surface area contributed by atoms with E-state index in [1.165, 1.54) is 12.1 Å². The van der Waals surface area contributed by atoms with Crippen LogP contribution in [0.1, 0.15) is 0 Å². The molecule has 11 heavy (non-hydrogen) atoms. The summed E-state index contributed by atoms with van der Waals surface area (Å²) < 4.78 is 0. The summed E-state index contributed by atoms with van der Waals surface area (Å²) in [6.07, 6.45) is 0. The topological polar surface area (TPSA) is 66.9 Å². The summed E-state index contributed by atoms with van der Waals surface area (Å²) in [4.78, 5) is 9.60. The van der Waals surface area contributed by atoms with E-state index in [1.54, 1.807) is 0 Å². The zero-order valence-corrected chi connectivity index (χ0v) is 6.13. The van der Waals surface area contributed by atoms with Crippen molar-refractivity contribution in [1.29, 1.82) is 0 Å². The molecule has 1 aromatic carbocycles. The van der Waals surface area contributed by atoms with E-state index in [1.807, 2.05) is 0 Å². The fourth-order valence-electron chi connectivity index (χ4n) is 0.653. The van der Waals surface area contributed by atoms with E-state index in [9.17, 15) is 10.1 Å². The molecule has 1 rings (SSSR count). The Hall–Kier alpha value is -1.29. The zero-order valence-electron chi connectivity index (χ0n) is 5.37. The Morgan fingerprint density at radius 3 is 2.64 bits per heavy atom. The van der Waals surface area contributed by atoms with Gasteiger partial charge in [0.2, 0.25) is 0 Å². The number of nitro groups is 1. The minimum Gasteiger partial charge on any atom is -0.301 e. The normalized spacial score (nSPS) is 9.55. The SMILES string of the molecule is [NH]c1ccc(Cl)c([N+](=O)[O-])c1. The van der Waals surface area contributed by atoms with Crippen LogP contribution in [0.4, 0.5) is 11.4 Å². The molecule has 0 saturated carbocycles. The second-order valence-electron chi connectivity index (χ2n) is 1.92. The molecule has 0 bridgehead atoms. The van der Waals surface area contributed by atoms with E-state index < -0.39 is 4.92 Å². The first-order chi connectivity index (χ1) is 5.11. The number of nitro benzene ring substituents is 1. The summed E-state index contributed by atoms with van der Waals surface area (Å²) in [6.45, 7) is 0. The van der Waals surface area contributed by atoms with Crippen LogP contribution in [0.5, 0.6) is 0 Å². The van der Waals surface area contributed by atoms with Gasteiger partial charge in [-0.3, -0.25) is 10.1 Å². The minimum atomic E-state index is -0.611. The lowest BCUT2D eigenvalue weighted by molar-refractivity contribution is -0.384. The Balaban J connectivity index is 3.23. The van der Waals surface area contributed by atoms with Crippen LogP contribution in [-0.2, 0) is 0 Å². The molecule has 0 fully saturated rings. The van der Waals surface area contributed by atoms with Crippen LogP contribution in [0.25, 0.3) is 0 Å². The second-order valence-corrected chi connectivity index (χ2v) is 2.33. The highest BCUT2D eigenvalue weighted by molar-refractivity contribution is 6.32. The van der Waals surface area contributed by atoms with Gasteiger partial charge in [0.15, 0.2) is 0 Å². The molecule has 0 aliphatic rings. The molecule has 1 aromatic rings. The van der Waals surface area contributed by atoms with E-state index in [-0.39, 0.29) is 16.4 Å². The van der Waals surface area contributed by atoms with Crippen molar-refractivity contribution in [1.82, 2.24) is 5.73 Å². The number of halogens is 1. The average Bonchev–Trinajstić information content (AvgIpc) is 1.94. The van der Waals surface area contributed by atoms with Gasteiger partial charge in [-0.15, -0.1) is 0 Å². The molecule has 1 N–H and O–H groups in total. The molecule has 0 amide bonds. The molecule has 1 radical (unpaired) electrons. The van der Waals surface area contributed by atoms with E-state index in [4.69, 9.17) is 17.3 Å². The first kappa shape index (κ1) is 7.81. The van der Waals surface area contributed by atoms with Gasteiger partial charge in [-0.2, -0.15) is 0 Å². The maximum Gasteiger partial charge on any atom is 0.290 e. The molecule has 5 heteroatoms. The highest BCUT2D eigenvalue weighted by atomic mass is 35.5. The predicted octanol–water partition coefficient (Wildman–Crippen LogP) is 2.16. The third kappa shape index (κ3) is 1.59. The number of hydrogen-bond donors (Lipinski definition) is 0. The van der Waals surface area contributed by atoms with Gasteiger partial charge in [-0.25, -0.2) is 0 Å². The first-order valence-electron chi connectivity index (χ1n) is 2.77. The quantitative estimate of drug-likeness (QED) is 0.480. The largest absolute Gasteiger partial charge is 0.301 e. The predicted molar refractivity (Wildman–Crippen MR) is 40.9 cm³/mol. The Morgan fingerprint density at radius 1 is 1.55 bits per heavy atom. The number of nitrogens with one attached hydrogen (secondary N) is 1. The summed E-state index contributed by atoms with van der Waals surface area (Å²) in [5.41, 5.74) is 6.92. The highest BCUT2D eigenvalue weighted by Gasteiger charge is 2.11. The Bertz CT molecular complexity index is 301. The summed E-state index contributed by atoms with van der Waals surface area (Å²) in [7, 11) is 0. The van der Waals surface area contributed by atoms with Gasteiger partial charge < -0.3 is 5.73 Å². The molecule has 0 atom stereocenters. The Labute approximate surface area is 67.7 Å². The highest BCUT2D eigenvalue weighted by Crippen LogP contribution is 2.26. The van der Waals surface area contributed by atoms with Gasteiger partial charge >= 0.3 is 0 Å². The van der Waals surface area contributed by atoms with Crippen LogP contribution in [0, 0.1) is 10.1 Å². The number of nitrogens with zero attached hydrogens (tertiary/aromatic N) is 1. The summed E-state index contributed by atoms with van der Waals surface area (Å²) in [5.74, 6) is 0. The van der Waals surface area contributed by atoms with Gasteiger partial charge in [0.25, 0.3) is 5.69 Å².